The molecule has 0 spiro atoms. The van der Waals surface area contributed by atoms with Crippen LogP contribution < -0.4 is 15.0 Å². The molecule has 3 aromatic carbocycles. The maximum absolute atomic E-state index is 12.8. The number of methoxy groups -OCH3 is 1. The van der Waals surface area contributed by atoms with Gasteiger partial charge in [-0.2, -0.15) is 0 Å². The summed E-state index contributed by atoms with van der Waals surface area (Å²) in [6.07, 6.45) is 0.0870. The number of ketones is 1. The zero-order chi connectivity index (χ0) is 24.8. The van der Waals surface area contributed by atoms with Gasteiger partial charge in [0, 0.05) is 24.2 Å². The van der Waals surface area contributed by atoms with Crippen molar-refractivity contribution in [2.24, 2.45) is 5.92 Å². The van der Waals surface area contributed by atoms with Crippen molar-refractivity contribution < 1.29 is 28.7 Å². The van der Waals surface area contributed by atoms with Crippen molar-refractivity contribution in [1.29, 1.82) is 0 Å². The van der Waals surface area contributed by atoms with E-state index in [1.807, 2.05) is 12.1 Å². The number of ether oxygens (including phenoxy) is 2. The number of benzene rings is 3. The van der Waals surface area contributed by atoms with Crippen LogP contribution in [0.5, 0.6) is 5.75 Å². The molecule has 1 fully saturated rings. The van der Waals surface area contributed by atoms with E-state index in [0.717, 1.165) is 0 Å². The van der Waals surface area contributed by atoms with Crippen LogP contribution in [0.3, 0.4) is 0 Å². The van der Waals surface area contributed by atoms with Crippen LogP contribution in [0.15, 0.2) is 78.9 Å². The van der Waals surface area contributed by atoms with Gasteiger partial charge in [0.25, 0.3) is 0 Å². The number of hydrogen-bond donors (Lipinski definition) is 1. The van der Waals surface area contributed by atoms with Crippen molar-refractivity contribution in [2.75, 3.05) is 30.5 Å². The van der Waals surface area contributed by atoms with E-state index in [1.165, 1.54) is 19.2 Å². The highest BCUT2D eigenvalue weighted by Gasteiger charge is 2.36. The number of hydrogen-bond acceptors (Lipinski definition) is 6. The molecule has 0 unspecified atom stereocenters. The van der Waals surface area contributed by atoms with E-state index in [-0.39, 0.29) is 42.7 Å². The number of para-hydroxylation sites is 2. The van der Waals surface area contributed by atoms with Gasteiger partial charge < -0.3 is 19.7 Å². The minimum absolute atomic E-state index is 0.0870. The summed E-state index contributed by atoms with van der Waals surface area (Å²) in [5.74, 6) is -1.34. The standard InChI is InChI=1S/C27H24N2O6/c1-34-24-10-6-5-9-22(24)29-16-20(15-25(29)31)26(32)28-21-13-11-19(12-14-21)27(33)35-17-23(30)18-7-3-2-4-8-18/h2-14,20H,15-17H2,1H3,(H,28,32)/t20-/m1/s1. The number of carbonyl (C=O) groups excluding carboxylic acids is 4. The first-order valence-electron chi connectivity index (χ1n) is 11.1. The number of rotatable bonds is 8. The van der Waals surface area contributed by atoms with Crippen LogP contribution in [0.2, 0.25) is 0 Å². The Bertz CT molecular complexity index is 1240. The van der Waals surface area contributed by atoms with Gasteiger partial charge in [0.05, 0.1) is 24.3 Å². The summed E-state index contributed by atoms with van der Waals surface area (Å²) < 4.78 is 10.4. The minimum Gasteiger partial charge on any atom is -0.495 e. The van der Waals surface area contributed by atoms with Gasteiger partial charge in [-0.25, -0.2) is 4.79 Å². The maximum Gasteiger partial charge on any atom is 0.338 e. The summed E-state index contributed by atoms with van der Waals surface area (Å²) in [7, 11) is 1.53. The molecule has 1 N–H and O–H groups in total. The quantitative estimate of drug-likeness (QED) is 0.396. The molecule has 3 aromatic rings. The second-order valence-electron chi connectivity index (χ2n) is 8.01. The average Bonchev–Trinajstić information content (AvgIpc) is 3.29. The third kappa shape index (κ3) is 5.55. The molecule has 0 saturated carbocycles. The average molecular weight is 472 g/mol. The molecular weight excluding hydrogens is 448 g/mol. The van der Waals surface area contributed by atoms with Gasteiger partial charge in [-0.1, -0.05) is 42.5 Å². The Labute approximate surface area is 202 Å². The fraction of sp³-hybridized carbons (Fsp3) is 0.185. The van der Waals surface area contributed by atoms with Gasteiger partial charge in [-0.3, -0.25) is 14.4 Å². The van der Waals surface area contributed by atoms with Crippen LogP contribution in [-0.4, -0.2) is 43.8 Å². The second-order valence-corrected chi connectivity index (χ2v) is 8.01. The van der Waals surface area contributed by atoms with Gasteiger partial charge in [-0.15, -0.1) is 0 Å². The van der Waals surface area contributed by atoms with Crippen LogP contribution >= 0.6 is 0 Å². The Morgan fingerprint density at radius 3 is 2.31 bits per heavy atom. The number of anilines is 2. The SMILES string of the molecule is COc1ccccc1N1C[C@H](C(=O)Nc2ccc(C(=O)OCC(=O)c3ccccc3)cc2)CC1=O. The van der Waals surface area contributed by atoms with E-state index < -0.39 is 11.9 Å². The van der Waals surface area contributed by atoms with E-state index in [1.54, 1.807) is 59.5 Å². The highest BCUT2D eigenvalue weighted by atomic mass is 16.5. The van der Waals surface area contributed by atoms with Crippen LogP contribution in [0, 0.1) is 5.92 Å². The lowest BCUT2D eigenvalue weighted by Gasteiger charge is -2.19. The van der Waals surface area contributed by atoms with Crippen molar-refractivity contribution >= 4 is 34.9 Å². The lowest BCUT2D eigenvalue weighted by molar-refractivity contribution is -0.122. The first kappa shape index (κ1) is 23.7. The van der Waals surface area contributed by atoms with Gasteiger partial charge in [0.1, 0.15) is 5.75 Å². The van der Waals surface area contributed by atoms with Gasteiger partial charge in [-0.05, 0) is 36.4 Å². The molecule has 1 heterocycles. The molecule has 1 atom stereocenters. The normalized spacial score (nSPS) is 14.9. The first-order valence-corrected chi connectivity index (χ1v) is 11.1. The van der Waals surface area contributed by atoms with Crippen LogP contribution in [-0.2, 0) is 14.3 Å². The Kier molecular flexibility index (Phi) is 7.21. The number of nitrogens with one attached hydrogen (secondary N) is 1. The molecule has 8 nitrogen and oxygen atoms in total. The van der Waals surface area contributed by atoms with E-state index in [9.17, 15) is 19.2 Å². The zero-order valence-corrected chi connectivity index (χ0v) is 19.1. The van der Waals surface area contributed by atoms with E-state index in [4.69, 9.17) is 9.47 Å². The van der Waals surface area contributed by atoms with Crippen molar-refractivity contribution in [3.8, 4) is 5.75 Å². The van der Waals surface area contributed by atoms with Crippen molar-refractivity contribution in [2.45, 2.75) is 6.42 Å². The molecule has 0 radical (unpaired) electrons. The molecular formula is C27H24N2O6. The van der Waals surface area contributed by atoms with E-state index in [0.29, 0.717) is 22.7 Å². The largest absolute Gasteiger partial charge is 0.495 e. The van der Waals surface area contributed by atoms with Gasteiger partial charge >= 0.3 is 5.97 Å². The Morgan fingerprint density at radius 2 is 1.60 bits per heavy atom. The summed E-state index contributed by atoms with van der Waals surface area (Å²) in [5, 5.41) is 2.79. The molecule has 2 amide bonds. The molecule has 0 bridgehead atoms. The van der Waals surface area contributed by atoms with Crippen molar-refractivity contribution in [3.63, 3.8) is 0 Å². The predicted octanol–water partition coefficient (Wildman–Crippen LogP) is 3.73. The summed E-state index contributed by atoms with van der Waals surface area (Å²) in [4.78, 5) is 51.2. The number of amides is 2. The Morgan fingerprint density at radius 1 is 0.914 bits per heavy atom. The summed E-state index contributed by atoms with van der Waals surface area (Å²) >= 11 is 0. The lowest BCUT2D eigenvalue weighted by atomic mass is 10.1. The smallest absolute Gasteiger partial charge is 0.338 e. The lowest BCUT2D eigenvalue weighted by Crippen LogP contribution is -2.28. The molecule has 8 heteroatoms. The maximum atomic E-state index is 12.8. The van der Waals surface area contributed by atoms with Crippen LogP contribution in [0.1, 0.15) is 27.1 Å². The molecule has 1 saturated heterocycles. The highest BCUT2D eigenvalue weighted by molar-refractivity contribution is 6.04. The number of esters is 1. The third-order valence-corrected chi connectivity index (χ3v) is 5.69. The van der Waals surface area contributed by atoms with Crippen LogP contribution in [0.25, 0.3) is 0 Å². The molecule has 1 aliphatic heterocycles. The zero-order valence-electron chi connectivity index (χ0n) is 19.1. The molecule has 0 aromatic heterocycles. The minimum atomic E-state index is -0.638. The molecule has 4 rings (SSSR count). The van der Waals surface area contributed by atoms with E-state index >= 15 is 0 Å². The topological polar surface area (TPSA) is 102 Å². The monoisotopic (exact) mass is 472 g/mol. The number of Topliss-reactive ketones (excluding diaryl/α,β-unsaturated/α-hetero) is 1. The van der Waals surface area contributed by atoms with Gasteiger partial charge in [0.15, 0.2) is 12.4 Å². The van der Waals surface area contributed by atoms with Gasteiger partial charge in [0.2, 0.25) is 11.8 Å². The molecule has 0 aliphatic carbocycles. The van der Waals surface area contributed by atoms with Crippen LogP contribution in [0.4, 0.5) is 11.4 Å². The van der Waals surface area contributed by atoms with E-state index in [2.05, 4.69) is 5.32 Å². The Hall–Kier alpha value is -4.46. The predicted molar refractivity (Wildman–Crippen MR) is 130 cm³/mol. The van der Waals surface area contributed by atoms with Crippen molar-refractivity contribution in [3.05, 3.63) is 90.0 Å². The summed E-state index contributed by atoms with van der Waals surface area (Å²) in [6, 6.07) is 21.9. The number of nitrogens with zero attached hydrogens (tertiary/aromatic N) is 1. The van der Waals surface area contributed by atoms with Crippen molar-refractivity contribution in [1.82, 2.24) is 0 Å². The molecule has 1 aliphatic rings. The molecule has 35 heavy (non-hydrogen) atoms. The fourth-order valence-electron chi connectivity index (χ4n) is 3.82. The summed E-state index contributed by atoms with van der Waals surface area (Å²) in [6.45, 7) is -0.120. The third-order valence-electron chi connectivity index (χ3n) is 5.69. The fourth-order valence-corrected chi connectivity index (χ4v) is 3.82. The summed E-state index contributed by atoms with van der Waals surface area (Å²) in [5.41, 5.74) is 1.83. The number of carbonyl (C=O) groups is 4. The molecule has 178 valence electrons. The Balaban J connectivity index is 1.32. The first-order chi connectivity index (χ1) is 17.0. The second kappa shape index (κ2) is 10.6. The highest BCUT2D eigenvalue weighted by Crippen LogP contribution is 2.33.